The number of nitrogens with one attached hydrogen (secondary N) is 1. The highest BCUT2D eigenvalue weighted by atomic mass is 16.5. The zero-order valence-corrected chi connectivity index (χ0v) is 13.0. The van der Waals surface area contributed by atoms with Gasteiger partial charge in [0.2, 0.25) is 5.91 Å². The molecular formula is C18H17N3O2. The monoisotopic (exact) mass is 307 g/mol. The average Bonchev–Trinajstić information content (AvgIpc) is 2.94. The number of aryl methyl sites for hydroxylation is 1. The number of methoxy groups -OCH3 is 1. The van der Waals surface area contributed by atoms with Gasteiger partial charge in [0.1, 0.15) is 11.4 Å². The van der Waals surface area contributed by atoms with Crippen molar-refractivity contribution >= 4 is 23.0 Å². The van der Waals surface area contributed by atoms with Crippen molar-refractivity contribution in [2.45, 2.75) is 6.92 Å². The minimum Gasteiger partial charge on any atom is -0.497 e. The summed E-state index contributed by atoms with van der Waals surface area (Å²) in [5.74, 6) is 0.329. The molecule has 5 nitrogen and oxygen atoms in total. The number of hydrogen-bond donors (Lipinski definition) is 2. The van der Waals surface area contributed by atoms with E-state index in [-0.39, 0.29) is 0 Å². The second-order valence-electron chi connectivity index (χ2n) is 5.34. The molecule has 0 fully saturated rings. The molecule has 0 unspecified atom stereocenters. The van der Waals surface area contributed by atoms with Crippen molar-refractivity contribution in [1.29, 1.82) is 0 Å². The van der Waals surface area contributed by atoms with Crippen molar-refractivity contribution in [3.63, 3.8) is 0 Å². The number of primary amides is 1. The van der Waals surface area contributed by atoms with Gasteiger partial charge in [0.15, 0.2) is 0 Å². The largest absolute Gasteiger partial charge is 0.497 e. The molecule has 3 N–H and O–H groups in total. The lowest BCUT2D eigenvalue weighted by atomic mass is 10.0. The van der Waals surface area contributed by atoms with Crippen LogP contribution in [0, 0.1) is 6.92 Å². The maximum atomic E-state index is 10.9. The molecule has 0 saturated carbocycles. The number of benzene rings is 1. The quantitative estimate of drug-likeness (QED) is 0.727. The Hall–Kier alpha value is -3.08. The number of aromatic nitrogens is 2. The number of hydrogen-bond acceptors (Lipinski definition) is 3. The van der Waals surface area contributed by atoms with Crippen molar-refractivity contribution in [1.82, 2.24) is 9.97 Å². The van der Waals surface area contributed by atoms with Crippen LogP contribution in [0.4, 0.5) is 0 Å². The third kappa shape index (κ3) is 3.08. The highest BCUT2D eigenvalue weighted by molar-refractivity contribution is 5.95. The van der Waals surface area contributed by atoms with Gasteiger partial charge in [0.05, 0.1) is 7.11 Å². The van der Waals surface area contributed by atoms with Crippen molar-refractivity contribution in [2.75, 3.05) is 7.11 Å². The summed E-state index contributed by atoms with van der Waals surface area (Å²) in [7, 11) is 1.65. The molecule has 0 bridgehead atoms. The molecular weight excluding hydrogens is 290 g/mol. The standard InChI is InChI=1S/C18H17N3O2/c1-11-5-13(7-15(6-11)23-2)14-8-16-12(3-4-17(19)22)9-20-18(16)21-10-14/h3-10H,1-2H3,(H2,19,22)(H,20,21)/b4-3+. The average molecular weight is 307 g/mol. The number of ether oxygens (including phenoxy) is 1. The molecule has 116 valence electrons. The molecule has 0 atom stereocenters. The number of H-pyrrole nitrogens is 1. The van der Waals surface area contributed by atoms with Crippen molar-refractivity contribution in [2.24, 2.45) is 5.73 Å². The fraction of sp³-hybridized carbons (Fsp3) is 0.111. The highest BCUT2D eigenvalue weighted by Gasteiger charge is 2.07. The van der Waals surface area contributed by atoms with Crippen LogP contribution in [0.5, 0.6) is 5.75 Å². The lowest BCUT2D eigenvalue weighted by Crippen LogP contribution is -2.04. The molecule has 0 radical (unpaired) electrons. The summed E-state index contributed by atoms with van der Waals surface area (Å²) < 4.78 is 5.33. The first-order chi connectivity index (χ1) is 11.1. The van der Waals surface area contributed by atoms with Crippen LogP contribution in [0.2, 0.25) is 0 Å². The number of pyridine rings is 1. The van der Waals surface area contributed by atoms with Crippen LogP contribution in [0.25, 0.3) is 28.2 Å². The van der Waals surface area contributed by atoms with Crippen LogP contribution in [-0.4, -0.2) is 23.0 Å². The summed E-state index contributed by atoms with van der Waals surface area (Å²) in [6.07, 6.45) is 6.64. The van der Waals surface area contributed by atoms with E-state index in [1.807, 2.05) is 31.3 Å². The molecule has 0 aliphatic carbocycles. The van der Waals surface area contributed by atoms with Crippen LogP contribution in [0.1, 0.15) is 11.1 Å². The molecule has 2 aromatic heterocycles. The van der Waals surface area contributed by atoms with E-state index in [1.165, 1.54) is 6.08 Å². The second kappa shape index (κ2) is 5.96. The SMILES string of the molecule is COc1cc(C)cc(-c2cnc3[nH]cc(/C=C/C(N)=O)c3c2)c1. The molecule has 5 heteroatoms. The number of carbonyl (C=O) groups is 1. The van der Waals surface area contributed by atoms with Gasteiger partial charge in [-0.05, 0) is 42.3 Å². The first kappa shape index (κ1) is 14.8. The van der Waals surface area contributed by atoms with Gasteiger partial charge >= 0.3 is 0 Å². The molecule has 0 aliphatic heterocycles. The molecule has 0 spiro atoms. The Kier molecular flexibility index (Phi) is 3.85. The van der Waals surface area contributed by atoms with E-state index in [0.717, 1.165) is 39.0 Å². The highest BCUT2D eigenvalue weighted by Crippen LogP contribution is 2.28. The van der Waals surface area contributed by atoms with Crippen molar-refractivity contribution in [3.8, 4) is 16.9 Å². The zero-order chi connectivity index (χ0) is 16.4. The van der Waals surface area contributed by atoms with Crippen LogP contribution < -0.4 is 10.5 Å². The molecule has 1 amide bonds. The summed E-state index contributed by atoms with van der Waals surface area (Å²) in [6.45, 7) is 2.02. The Bertz CT molecular complexity index is 910. The first-order valence-corrected chi connectivity index (χ1v) is 7.17. The minimum absolute atomic E-state index is 0.480. The summed E-state index contributed by atoms with van der Waals surface area (Å²) in [5.41, 5.74) is 9.91. The Morgan fingerprint density at radius 3 is 2.83 bits per heavy atom. The van der Waals surface area contributed by atoms with Crippen molar-refractivity contribution in [3.05, 3.63) is 53.9 Å². The predicted molar refractivity (Wildman–Crippen MR) is 91.0 cm³/mol. The van der Waals surface area contributed by atoms with Gasteiger partial charge in [-0.25, -0.2) is 4.98 Å². The normalized spacial score (nSPS) is 11.2. The summed E-state index contributed by atoms with van der Waals surface area (Å²) in [6, 6.07) is 8.07. The summed E-state index contributed by atoms with van der Waals surface area (Å²) in [4.78, 5) is 18.5. The Labute approximate surface area is 133 Å². The number of nitrogens with zero attached hydrogens (tertiary/aromatic N) is 1. The number of aromatic amines is 1. The zero-order valence-electron chi connectivity index (χ0n) is 13.0. The van der Waals surface area contributed by atoms with Gasteiger partial charge in [0, 0.05) is 35.0 Å². The van der Waals surface area contributed by atoms with E-state index in [2.05, 4.69) is 16.0 Å². The van der Waals surface area contributed by atoms with E-state index in [0.29, 0.717) is 0 Å². The number of amides is 1. The van der Waals surface area contributed by atoms with Crippen molar-refractivity contribution < 1.29 is 9.53 Å². The van der Waals surface area contributed by atoms with Crippen LogP contribution >= 0.6 is 0 Å². The number of rotatable bonds is 4. The van der Waals surface area contributed by atoms with E-state index >= 15 is 0 Å². The number of carbonyl (C=O) groups excluding carboxylic acids is 1. The molecule has 3 rings (SSSR count). The van der Waals surface area contributed by atoms with Gasteiger partial charge in [0.25, 0.3) is 0 Å². The fourth-order valence-corrected chi connectivity index (χ4v) is 2.52. The molecule has 23 heavy (non-hydrogen) atoms. The molecule has 0 aliphatic rings. The predicted octanol–water partition coefficient (Wildman–Crippen LogP) is 3.05. The van der Waals surface area contributed by atoms with E-state index < -0.39 is 5.91 Å². The second-order valence-corrected chi connectivity index (χ2v) is 5.34. The van der Waals surface area contributed by atoms with Gasteiger partial charge in [-0.3, -0.25) is 4.79 Å². The van der Waals surface area contributed by atoms with Gasteiger partial charge in [-0.15, -0.1) is 0 Å². The first-order valence-electron chi connectivity index (χ1n) is 7.17. The van der Waals surface area contributed by atoms with E-state index in [1.54, 1.807) is 19.4 Å². The molecule has 3 aromatic rings. The number of fused-ring (bicyclic) bond motifs is 1. The summed E-state index contributed by atoms with van der Waals surface area (Å²) >= 11 is 0. The number of nitrogens with two attached hydrogens (primary N) is 1. The van der Waals surface area contributed by atoms with Crippen LogP contribution in [-0.2, 0) is 4.79 Å². The van der Waals surface area contributed by atoms with E-state index in [4.69, 9.17) is 10.5 Å². The smallest absolute Gasteiger partial charge is 0.241 e. The van der Waals surface area contributed by atoms with E-state index in [9.17, 15) is 4.79 Å². The van der Waals surface area contributed by atoms with Gasteiger partial charge in [-0.1, -0.05) is 6.07 Å². The van der Waals surface area contributed by atoms with Gasteiger partial charge in [-0.2, -0.15) is 0 Å². The topological polar surface area (TPSA) is 81.0 Å². The maximum Gasteiger partial charge on any atom is 0.241 e. The summed E-state index contributed by atoms with van der Waals surface area (Å²) in [5, 5.41) is 0.931. The lowest BCUT2D eigenvalue weighted by molar-refractivity contribution is -0.113. The fourth-order valence-electron chi connectivity index (χ4n) is 2.52. The van der Waals surface area contributed by atoms with Crippen LogP contribution in [0.15, 0.2) is 42.7 Å². The Balaban J connectivity index is 2.10. The Morgan fingerprint density at radius 1 is 1.26 bits per heavy atom. The third-order valence-electron chi connectivity index (χ3n) is 3.61. The minimum atomic E-state index is -0.480. The third-order valence-corrected chi connectivity index (χ3v) is 3.61. The maximum absolute atomic E-state index is 10.9. The van der Waals surface area contributed by atoms with Crippen LogP contribution in [0.3, 0.4) is 0 Å². The molecule has 0 saturated heterocycles. The molecule has 1 aromatic carbocycles. The lowest BCUT2D eigenvalue weighted by Gasteiger charge is -2.07. The Morgan fingerprint density at radius 2 is 2.09 bits per heavy atom. The van der Waals surface area contributed by atoms with Gasteiger partial charge < -0.3 is 15.5 Å². The molecule has 2 heterocycles.